The lowest BCUT2D eigenvalue weighted by molar-refractivity contribution is -0.171. The maximum absolute atomic E-state index is 12.5. The van der Waals surface area contributed by atoms with Gasteiger partial charge < -0.3 is 14.2 Å². The van der Waals surface area contributed by atoms with Crippen LogP contribution in [0, 0.1) is 17.8 Å². The second-order valence-corrected chi connectivity index (χ2v) is 10.0. The number of carbonyl (C=O) groups is 2. The summed E-state index contributed by atoms with van der Waals surface area (Å²) in [6.07, 6.45) is 0.0473. The molecule has 0 aliphatic carbocycles. The Morgan fingerprint density at radius 1 is 1.17 bits per heavy atom. The molecule has 0 aromatic carbocycles. The van der Waals surface area contributed by atoms with Crippen molar-refractivity contribution in [2.24, 2.45) is 10.8 Å². The number of rotatable bonds is 4. The molecule has 9 heteroatoms. The molecular weight excluding hydrogens is 392 g/mol. The number of aryl methyl sites for hydroxylation is 1. The molecule has 2 rings (SSSR count). The number of carbonyl (C=O) groups excluding carboxylic acids is 2. The van der Waals surface area contributed by atoms with Crippen molar-refractivity contribution in [2.75, 3.05) is 6.61 Å². The Bertz CT molecular complexity index is 932. The van der Waals surface area contributed by atoms with E-state index in [0.29, 0.717) is 5.56 Å². The molecule has 1 saturated heterocycles. The van der Waals surface area contributed by atoms with Crippen LogP contribution in [0.3, 0.4) is 0 Å². The summed E-state index contributed by atoms with van der Waals surface area (Å²) in [5.74, 6) is -0.852. The van der Waals surface area contributed by atoms with Crippen molar-refractivity contribution in [3.05, 3.63) is 32.6 Å². The van der Waals surface area contributed by atoms with Crippen LogP contribution in [-0.4, -0.2) is 40.3 Å². The lowest BCUT2D eigenvalue weighted by atomic mass is 9.97. The first-order chi connectivity index (χ1) is 13.5. The van der Waals surface area contributed by atoms with Crippen molar-refractivity contribution in [1.82, 2.24) is 9.55 Å². The predicted octanol–water partition coefficient (Wildman–Crippen LogP) is 1.85. The Labute approximate surface area is 175 Å². The normalized spacial score (nSPS) is 24.5. The van der Waals surface area contributed by atoms with Crippen LogP contribution in [0.1, 0.15) is 60.5 Å². The average Bonchev–Trinajstić information content (AvgIpc) is 2.90. The minimum absolute atomic E-state index is 0.134. The van der Waals surface area contributed by atoms with E-state index in [-0.39, 0.29) is 13.0 Å². The molecule has 1 aromatic heterocycles. The van der Waals surface area contributed by atoms with Gasteiger partial charge in [-0.3, -0.25) is 23.9 Å². The van der Waals surface area contributed by atoms with Crippen LogP contribution < -0.4 is 11.2 Å². The maximum Gasteiger partial charge on any atom is 0.330 e. The third-order valence-electron chi connectivity index (χ3n) is 4.89. The standard InChI is InChI=1S/C21H32N2O7/c1-12-10-23(18(27)22-15(12)24)21(8)9-13(29-17(26)20(5,6)7)14(30-21)11-28-16(25)19(2,3)4/h10,13-14H,9,11H2,1-8H3,(H,22,24,27)/t13-,14?,21-/m1/s1. The number of esters is 2. The van der Waals surface area contributed by atoms with Gasteiger partial charge in [-0.15, -0.1) is 0 Å². The molecule has 0 bridgehead atoms. The molecular formula is C21H32N2O7. The number of aromatic nitrogens is 2. The van der Waals surface area contributed by atoms with Crippen molar-refractivity contribution in [3.63, 3.8) is 0 Å². The van der Waals surface area contributed by atoms with Crippen molar-refractivity contribution in [2.45, 2.75) is 79.7 Å². The third-order valence-corrected chi connectivity index (χ3v) is 4.89. The zero-order valence-electron chi connectivity index (χ0n) is 19.0. The van der Waals surface area contributed by atoms with E-state index in [2.05, 4.69) is 4.98 Å². The van der Waals surface area contributed by atoms with Gasteiger partial charge in [0, 0.05) is 18.2 Å². The van der Waals surface area contributed by atoms with Crippen molar-refractivity contribution in [3.8, 4) is 0 Å². The van der Waals surface area contributed by atoms with Gasteiger partial charge in [0.05, 0.1) is 10.8 Å². The SMILES string of the molecule is Cc1cn([C@@]2(C)C[C@@H](OC(=O)C(C)(C)C)C(COC(=O)C(C)(C)C)O2)c(=O)[nH]c1=O. The summed E-state index contributed by atoms with van der Waals surface area (Å²) < 4.78 is 18.4. The average molecular weight is 424 g/mol. The van der Waals surface area contributed by atoms with Crippen LogP contribution in [0.5, 0.6) is 0 Å². The molecule has 0 saturated carbocycles. The fourth-order valence-electron chi connectivity index (χ4n) is 2.98. The Morgan fingerprint density at radius 2 is 1.73 bits per heavy atom. The Kier molecular flexibility index (Phi) is 6.37. The highest BCUT2D eigenvalue weighted by Gasteiger charge is 2.49. The smallest absolute Gasteiger partial charge is 0.330 e. The lowest BCUT2D eigenvalue weighted by Gasteiger charge is -2.27. The fourth-order valence-corrected chi connectivity index (χ4v) is 2.98. The lowest BCUT2D eigenvalue weighted by Crippen LogP contribution is -2.43. The molecule has 3 atom stereocenters. The molecule has 9 nitrogen and oxygen atoms in total. The van der Waals surface area contributed by atoms with Crippen LogP contribution in [0.25, 0.3) is 0 Å². The van der Waals surface area contributed by atoms with E-state index in [1.54, 1.807) is 55.4 Å². The highest BCUT2D eigenvalue weighted by Crippen LogP contribution is 2.37. The Balaban J connectivity index is 2.34. The second kappa shape index (κ2) is 8.02. The number of aromatic amines is 1. The van der Waals surface area contributed by atoms with Gasteiger partial charge in [0.15, 0.2) is 5.72 Å². The van der Waals surface area contributed by atoms with Crippen molar-refractivity contribution < 1.29 is 23.8 Å². The van der Waals surface area contributed by atoms with Gasteiger partial charge in [-0.2, -0.15) is 0 Å². The molecule has 30 heavy (non-hydrogen) atoms. The van der Waals surface area contributed by atoms with Gasteiger partial charge >= 0.3 is 17.6 Å². The van der Waals surface area contributed by atoms with Gasteiger partial charge in [-0.1, -0.05) is 0 Å². The molecule has 1 aliphatic heterocycles. The van der Waals surface area contributed by atoms with Crippen molar-refractivity contribution >= 4 is 11.9 Å². The zero-order valence-corrected chi connectivity index (χ0v) is 19.0. The van der Waals surface area contributed by atoms with Crippen LogP contribution >= 0.6 is 0 Å². The molecule has 0 amide bonds. The van der Waals surface area contributed by atoms with Gasteiger partial charge in [0.1, 0.15) is 18.8 Å². The van der Waals surface area contributed by atoms with Gasteiger partial charge in [-0.25, -0.2) is 4.79 Å². The van der Waals surface area contributed by atoms with Gasteiger partial charge in [-0.05, 0) is 55.4 Å². The summed E-state index contributed by atoms with van der Waals surface area (Å²) in [6, 6.07) is 0. The van der Waals surface area contributed by atoms with Crippen LogP contribution in [0.2, 0.25) is 0 Å². The third kappa shape index (κ3) is 5.19. The van der Waals surface area contributed by atoms with Gasteiger partial charge in [0.2, 0.25) is 0 Å². The van der Waals surface area contributed by atoms with E-state index in [1.165, 1.54) is 10.8 Å². The zero-order chi connectivity index (χ0) is 23.1. The summed E-state index contributed by atoms with van der Waals surface area (Å²) in [5.41, 5.74) is -3.42. The molecule has 0 radical (unpaired) electrons. The van der Waals surface area contributed by atoms with E-state index < -0.39 is 52.0 Å². The van der Waals surface area contributed by atoms with E-state index >= 15 is 0 Å². The largest absolute Gasteiger partial charge is 0.462 e. The molecule has 1 aromatic rings. The molecule has 2 heterocycles. The Morgan fingerprint density at radius 3 is 2.27 bits per heavy atom. The van der Waals surface area contributed by atoms with Crippen molar-refractivity contribution in [1.29, 1.82) is 0 Å². The highest BCUT2D eigenvalue weighted by atomic mass is 16.6. The van der Waals surface area contributed by atoms with E-state index in [9.17, 15) is 19.2 Å². The number of ether oxygens (including phenoxy) is 3. The molecule has 1 aliphatic rings. The first-order valence-corrected chi connectivity index (χ1v) is 9.94. The molecule has 1 unspecified atom stereocenters. The number of hydrogen-bond donors (Lipinski definition) is 1. The first-order valence-electron chi connectivity index (χ1n) is 9.94. The van der Waals surface area contributed by atoms with E-state index in [0.717, 1.165) is 0 Å². The number of nitrogens with zero attached hydrogens (tertiary/aromatic N) is 1. The molecule has 1 N–H and O–H groups in total. The second-order valence-electron chi connectivity index (χ2n) is 10.0. The Hall–Kier alpha value is -2.42. The quantitative estimate of drug-likeness (QED) is 0.733. The van der Waals surface area contributed by atoms with E-state index in [1.807, 2.05) is 0 Å². The van der Waals surface area contributed by atoms with Crippen LogP contribution in [0.15, 0.2) is 15.8 Å². The number of hydrogen-bond acceptors (Lipinski definition) is 7. The highest BCUT2D eigenvalue weighted by molar-refractivity contribution is 5.76. The summed E-state index contributed by atoms with van der Waals surface area (Å²) >= 11 is 0. The maximum atomic E-state index is 12.5. The number of nitrogens with one attached hydrogen (secondary N) is 1. The predicted molar refractivity (Wildman–Crippen MR) is 109 cm³/mol. The van der Waals surface area contributed by atoms with Gasteiger partial charge in [0.25, 0.3) is 5.56 Å². The minimum atomic E-state index is -1.20. The summed E-state index contributed by atoms with van der Waals surface area (Å²) in [7, 11) is 0. The summed E-state index contributed by atoms with van der Waals surface area (Å²) in [4.78, 5) is 51.1. The topological polar surface area (TPSA) is 117 Å². The van der Waals surface area contributed by atoms with E-state index in [4.69, 9.17) is 14.2 Å². The summed E-state index contributed by atoms with van der Waals surface area (Å²) in [6.45, 7) is 13.5. The molecule has 1 fully saturated rings. The molecule has 168 valence electrons. The number of H-pyrrole nitrogens is 1. The minimum Gasteiger partial charge on any atom is -0.462 e. The van der Waals surface area contributed by atoms with Crippen LogP contribution in [0.4, 0.5) is 0 Å². The monoisotopic (exact) mass is 424 g/mol. The fraction of sp³-hybridized carbons (Fsp3) is 0.714. The molecule has 0 spiro atoms. The van der Waals surface area contributed by atoms with Crippen LogP contribution in [-0.2, 0) is 29.5 Å². The summed E-state index contributed by atoms with van der Waals surface area (Å²) in [5, 5.41) is 0. The first kappa shape index (κ1) is 23.9.